The van der Waals surface area contributed by atoms with E-state index in [-0.39, 0.29) is 17.9 Å². The summed E-state index contributed by atoms with van der Waals surface area (Å²) in [6, 6.07) is 0.589. The predicted octanol–water partition coefficient (Wildman–Crippen LogP) is 1.21. The lowest BCUT2D eigenvalue weighted by atomic mass is 9.86. The van der Waals surface area contributed by atoms with Gasteiger partial charge in [0.25, 0.3) is 0 Å². The molecule has 1 aliphatic carbocycles. The van der Waals surface area contributed by atoms with Gasteiger partial charge in [-0.15, -0.1) is 0 Å². The quantitative estimate of drug-likeness (QED) is 0.723. The molecule has 0 bridgehead atoms. The van der Waals surface area contributed by atoms with Gasteiger partial charge in [-0.1, -0.05) is 26.7 Å². The molecule has 2 rings (SSSR count). The van der Waals surface area contributed by atoms with Gasteiger partial charge in [0.1, 0.15) is 0 Å². The van der Waals surface area contributed by atoms with Crippen LogP contribution in [-0.2, 0) is 9.59 Å². The van der Waals surface area contributed by atoms with Crippen LogP contribution in [0.2, 0.25) is 0 Å². The summed E-state index contributed by atoms with van der Waals surface area (Å²) in [4.78, 5) is 28.6. The number of piperazine rings is 1. The summed E-state index contributed by atoms with van der Waals surface area (Å²) >= 11 is 0. The highest BCUT2D eigenvalue weighted by Gasteiger charge is 2.25. The van der Waals surface area contributed by atoms with Crippen molar-refractivity contribution in [3.63, 3.8) is 0 Å². The van der Waals surface area contributed by atoms with E-state index in [0.29, 0.717) is 25.0 Å². The Hall–Kier alpha value is -1.14. The Morgan fingerprint density at radius 3 is 2.12 bits per heavy atom. The largest absolute Gasteiger partial charge is 0.353 e. The zero-order chi connectivity index (χ0) is 18.2. The third kappa shape index (κ3) is 6.94. The topological polar surface area (TPSA) is 64.7 Å². The minimum absolute atomic E-state index is 0.104. The van der Waals surface area contributed by atoms with E-state index in [4.69, 9.17) is 0 Å². The molecular formula is C19H36N4O2. The van der Waals surface area contributed by atoms with Crippen LogP contribution < -0.4 is 10.6 Å². The van der Waals surface area contributed by atoms with Gasteiger partial charge < -0.3 is 10.6 Å². The molecule has 2 N–H and O–H groups in total. The van der Waals surface area contributed by atoms with E-state index in [1.54, 1.807) is 0 Å². The fraction of sp³-hybridized carbons (Fsp3) is 0.895. The third-order valence-corrected chi connectivity index (χ3v) is 5.68. The number of carbonyl (C=O) groups is 2. The lowest BCUT2D eigenvalue weighted by Crippen LogP contribution is -2.53. The third-order valence-electron chi connectivity index (χ3n) is 5.68. The van der Waals surface area contributed by atoms with E-state index in [2.05, 4.69) is 34.3 Å². The van der Waals surface area contributed by atoms with Gasteiger partial charge in [-0.05, 0) is 32.1 Å². The normalized spacial score (nSPS) is 26.8. The Kier molecular flexibility index (Phi) is 8.16. The van der Waals surface area contributed by atoms with Crippen LogP contribution in [0.3, 0.4) is 0 Å². The standard InChI is InChI=1S/C19H36N4O2/c1-4-16(3)20-18(24)13-22-9-11-23(12-10-22)14-19(25)21-17-8-6-5-7-15(17)2/h15-17H,4-14H2,1-3H3,(H,20,24)(H,21,25)/t15-,16-,17+/m0/s1. The maximum absolute atomic E-state index is 12.3. The number of rotatable bonds is 7. The molecule has 1 aliphatic heterocycles. The van der Waals surface area contributed by atoms with E-state index >= 15 is 0 Å². The van der Waals surface area contributed by atoms with Gasteiger partial charge in [0.05, 0.1) is 13.1 Å². The second-order valence-electron chi connectivity index (χ2n) is 7.86. The van der Waals surface area contributed by atoms with Gasteiger partial charge in [-0.25, -0.2) is 0 Å². The number of carbonyl (C=O) groups excluding carboxylic acids is 2. The number of hydrogen-bond donors (Lipinski definition) is 2. The fourth-order valence-corrected chi connectivity index (χ4v) is 3.72. The molecule has 2 aliphatic rings. The molecule has 2 fully saturated rings. The summed E-state index contributed by atoms with van der Waals surface area (Å²) in [6.07, 6.45) is 5.81. The van der Waals surface area contributed by atoms with Crippen LogP contribution in [0.4, 0.5) is 0 Å². The summed E-state index contributed by atoms with van der Waals surface area (Å²) in [6.45, 7) is 10.7. The highest BCUT2D eigenvalue weighted by atomic mass is 16.2. The Morgan fingerprint density at radius 1 is 1.00 bits per heavy atom. The highest BCUT2D eigenvalue weighted by molar-refractivity contribution is 5.79. The first-order valence-electron chi connectivity index (χ1n) is 10.0. The molecule has 0 unspecified atom stereocenters. The van der Waals surface area contributed by atoms with E-state index < -0.39 is 0 Å². The van der Waals surface area contributed by atoms with Crippen LogP contribution in [-0.4, -0.2) is 73.0 Å². The number of nitrogens with zero attached hydrogens (tertiary/aromatic N) is 2. The summed E-state index contributed by atoms with van der Waals surface area (Å²) in [7, 11) is 0. The van der Waals surface area contributed by atoms with Crippen LogP contribution in [0.15, 0.2) is 0 Å². The predicted molar refractivity (Wildman–Crippen MR) is 100 cm³/mol. The van der Waals surface area contributed by atoms with Crippen LogP contribution in [0.25, 0.3) is 0 Å². The van der Waals surface area contributed by atoms with Crippen LogP contribution in [0.5, 0.6) is 0 Å². The molecule has 0 aromatic heterocycles. The van der Waals surface area contributed by atoms with Crippen molar-refractivity contribution in [1.29, 1.82) is 0 Å². The molecule has 6 heteroatoms. The Morgan fingerprint density at radius 2 is 1.56 bits per heavy atom. The molecule has 0 aromatic carbocycles. The van der Waals surface area contributed by atoms with Gasteiger partial charge in [-0.2, -0.15) is 0 Å². The molecule has 0 spiro atoms. The molecule has 3 atom stereocenters. The van der Waals surface area contributed by atoms with E-state index in [1.807, 2.05) is 6.92 Å². The smallest absolute Gasteiger partial charge is 0.234 e. The first kappa shape index (κ1) is 20.2. The van der Waals surface area contributed by atoms with E-state index in [1.165, 1.54) is 19.3 Å². The van der Waals surface area contributed by atoms with E-state index in [0.717, 1.165) is 39.0 Å². The van der Waals surface area contributed by atoms with Crippen molar-refractivity contribution in [3.8, 4) is 0 Å². The van der Waals surface area contributed by atoms with Gasteiger partial charge in [0.2, 0.25) is 11.8 Å². The first-order valence-corrected chi connectivity index (χ1v) is 10.0. The zero-order valence-electron chi connectivity index (χ0n) is 16.2. The summed E-state index contributed by atoms with van der Waals surface area (Å²) in [5, 5.41) is 6.24. The fourth-order valence-electron chi connectivity index (χ4n) is 3.72. The SMILES string of the molecule is CC[C@H](C)NC(=O)CN1CCN(CC(=O)N[C@@H]2CCCC[C@@H]2C)CC1. The average molecular weight is 353 g/mol. The highest BCUT2D eigenvalue weighted by Crippen LogP contribution is 2.23. The maximum Gasteiger partial charge on any atom is 0.234 e. The molecule has 25 heavy (non-hydrogen) atoms. The molecule has 1 saturated carbocycles. The lowest BCUT2D eigenvalue weighted by Gasteiger charge is -2.35. The Balaban J connectivity index is 1.64. The molecule has 2 amide bonds. The molecule has 144 valence electrons. The van der Waals surface area contributed by atoms with Crippen LogP contribution >= 0.6 is 0 Å². The van der Waals surface area contributed by atoms with Gasteiger partial charge >= 0.3 is 0 Å². The summed E-state index contributed by atoms with van der Waals surface area (Å²) in [5.74, 6) is 0.854. The number of nitrogens with one attached hydrogen (secondary N) is 2. The monoisotopic (exact) mass is 352 g/mol. The average Bonchev–Trinajstić information content (AvgIpc) is 2.58. The van der Waals surface area contributed by atoms with E-state index in [9.17, 15) is 9.59 Å². The van der Waals surface area contributed by atoms with Crippen LogP contribution in [0, 0.1) is 5.92 Å². The minimum Gasteiger partial charge on any atom is -0.353 e. The summed E-state index contributed by atoms with van der Waals surface area (Å²) < 4.78 is 0. The van der Waals surface area contributed by atoms with Crippen molar-refractivity contribution >= 4 is 11.8 Å². The molecule has 1 saturated heterocycles. The van der Waals surface area contributed by atoms with Crippen molar-refractivity contribution in [2.24, 2.45) is 5.92 Å². The van der Waals surface area contributed by atoms with Gasteiger partial charge in [-0.3, -0.25) is 19.4 Å². The van der Waals surface area contributed by atoms with Crippen molar-refractivity contribution < 1.29 is 9.59 Å². The van der Waals surface area contributed by atoms with Crippen molar-refractivity contribution in [1.82, 2.24) is 20.4 Å². The molecule has 0 aromatic rings. The lowest BCUT2D eigenvalue weighted by molar-refractivity contribution is -0.126. The van der Waals surface area contributed by atoms with Gasteiger partial charge in [0, 0.05) is 38.3 Å². The molecule has 1 heterocycles. The molecule has 6 nitrogen and oxygen atoms in total. The second kappa shape index (κ2) is 10.1. The minimum atomic E-state index is 0.104. The van der Waals surface area contributed by atoms with Crippen molar-refractivity contribution in [2.75, 3.05) is 39.3 Å². The molecular weight excluding hydrogens is 316 g/mol. The Bertz CT molecular complexity index is 435. The number of hydrogen-bond acceptors (Lipinski definition) is 4. The van der Waals surface area contributed by atoms with Crippen molar-refractivity contribution in [2.45, 2.75) is 65.0 Å². The second-order valence-corrected chi connectivity index (χ2v) is 7.86. The number of amides is 2. The zero-order valence-corrected chi connectivity index (χ0v) is 16.2. The van der Waals surface area contributed by atoms with Crippen molar-refractivity contribution in [3.05, 3.63) is 0 Å². The van der Waals surface area contributed by atoms with Gasteiger partial charge in [0.15, 0.2) is 0 Å². The summed E-state index contributed by atoms with van der Waals surface area (Å²) in [5.41, 5.74) is 0. The molecule has 0 radical (unpaired) electrons. The first-order chi connectivity index (χ1) is 12.0. The Labute approximate surface area is 152 Å². The van der Waals surface area contributed by atoms with Crippen LogP contribution in [0.1, 0.15) is 52.9 Å². The maximum atomic E-state index is 12.3.